The standard InChI is InChI=1S/C52H88N2O35/c1-16(2)45(75)54-7-6-53-9-18-39-26(62)33(69)46(77-18)76-8-4-3-5-17-19(10-55)78-47(32(68)25(17)61)85-40-20(11-56)80-49(35(71)28(40)64)87-42-22(13-58)82-51(37(73)30(42)66)89-44-24(15-60)83-52(38(74)31(44)67)88-43-23(14-59)81-50(36(72)29(43)65)86-41-21(12-57)79-48(84-39)34(70)27(41)63/h17-44,46-53,55-74H,1,3-15H2,2H3,(H,54,75)/t17-,18-,19-,20-,21-,22-,23-,24-,25+,26-,27-,28-,29-,30-,31-,32-,33-,34-,35-,36-,37-,38-,39?,40?,41?,42?,43?,44?,46+,47-,48-,49-,50-,51-,52-/m1/s1. The minimum atomic E-state index is -2.22. The molecule has 0 spiro atoms. The summed E-state index contributed by atoms with van der Waals surface area (Å²) in [6, 6.07) is 0. The zero-order valence-electron chi connectivity index (χ0n) is 48.2. The molecule has 14 bridgehead atoms. The van der Waals surface area contributed by atoms with Gasteiger partial charge in [0.2, 0.25) is 5.91 Å². The van der Waals surface area contributed by atoms with Crippen molar-refractivity contribution in [3.8, 4) is 0 Å². The Hall–Kier alpha value is -2.19. The zero-order chi connectivity index (χ0) is 64.9. The average Bonchev–Trinajstić information content (AvgIpc) is 2.46. The van der Waals surface area contributed by atoms with E-state index in [0.717, 1.165) is 0 Å². The highest BCUT2D eigenvalue weighted by Crippen LogP contribution is 2.39. The molecule has 0 radical (unpaired) electrons. The Morgan fingerprint density at radius 1 is 0.360 bits per heavy atom. The summed E-state index contributed by atoms with van der Waals surface area (Å²) in [6.45, 7) is -0.971. The summed E-state index contributed by atoms with van der Waals surface area (Å²) in [7, 11) is 0. The van der Waals surface area contributed by atoms with Crippen molar-refractivity contribution in [2.24, 2.45) is 5.92 Å². The lowest BCUT2D eigenvalue weighted by atomic mass is 9.85. The van der Waals surface area contributed by atoms with Gasteiger partial charge in [-0.2, -0.15) is 0 Å². The van der Waals surface area contributed by atoms with Crippen molar-refractivity contribution in [3.05, 3.63) is 12.2 Å². The van der Waals surface area contributed by atoms with Gasteiger partial charge in [0, 0.05) is 37.7 Å². The monoisotopic (exact) mass is 1300 g/mol. The van der Waals surface area contributed by atoms with Crippen molar-refractivity contribution in [3.63, 3.8) is 0 Å². The van der Waals surface area contributed by atoms with E-state index in [-0.39, 0.29) is 51.1 Å². The van der Waals surface area contributed by atoms with Gasteiger partial charge in [0.05, 0.1) is 51.8 Å². The van der Waals surface area contributed by atoms with E-state index in [1.807, 2.05) is 0 Å². The summed E-state index contributed by atoms with van der Waals surface area (Å²) < 4.78 is 81.4. The molecule has 1 amide bonds. The van der Waals surface area contributed by atoms with Crippen molar-refractivity contribution in [2.75, 3.05) is 65.9 Å². The Balaban J connectivity index is 1.03. The van der Waals surface area contributed by atoms with Crippen LogP contribution < -0.4 is 10.6 Å². The lowest BCUT2D eigenvalue weighted by Gasteiger charge is -2.50. The van der Waals surface area contributed by atoms with Crippen molar-refractivity contribution in [2.45, 2.75) is 235 Å². The highest BCUT2D eigenvalue weighted by atomic mass is 16.8. The Morgan fingerprint density at radius 3 is 0.955 bits per heavy atom. The van der Waals surface area contributed by atoms with Crippen molar-refractivity contribution < 1.29 is 173 Å². The predicted octanol–water partition coefficient (Wildman–Crippen LogP) is -13.5. The molecule has 24 aliphatic heterocycles. The van der Waals surface area contributed by atoms with E-state index in [1.54, 1.807) is 0 Å². The second kappa shape index (κ2) is 32.5. The number of ether oxygens (including phenoxy) is 14. The van der Waals surface area contributed by atoms with E-state index in [2.05, 4.69) is 17.2 Å². The summed E-state index contributed by atoms with van der Waals surface area (Å²) in [5, 5.41) is 228. The van der Waals surface area contributed by atoms with Gasteiger partial charge in [0.25, 0.3) is 0 Å². The first-order chi connectivity index (χ1) is 42.4. The van der Waals surface area contributed by atoms with Crippen LogP contribution in [0.2, 0.25) is 0 Å². The lowest BCUT2D eigenvalue weighted by molar-refractivity contribution is -0.397. The number of amides is 1. The minimum Gasteiger partial charge on any atom is -0.394 e. The average molecular weight is 1300 g/mol. The number of carbonyl (C=O) groups excluding carboxylic acids is 1. The van der Waals surface area contributed by atoms with E-state index < -0.39 is 260 Å². The van der Waals surface area contributed by atoms with E-state index in [9.17, 15) is 107 Å². The number of aliphatic hydroxyl groups is 20. The third-order valence-corrected chi connectivity index (χ3v) is 17.1. The largest absolute Gasteiger partial charge is 0.394 e. The van der Waals surface area contributed by atoms with Crippen LogP contribution in [-0.4, -0.2) is 383 Å². The van der Waals surface area contributed by atoms with Crippen LogP contribution in [0.3, 0.4) is 0 Å². The molecule has 0 saturated carbocycles. The van der Waals surface area contributed by atoms with Crippen molar-refractivity contribution in [1.82, 2.24) is 10.6 Å². The SMILES string of the molecule is C=C(C)C(=O)NCCNC[C@H]1O[C@@H]2OCCCC[C@H]3[C@H](O)[C@@H](O)[C@@H](OC4[C@@H](CO)O[C@H](OC5[C@@H](CO)O[C@H](OC6[C@@H](CO)O[C@H](OC7[C@@H](CO)O[C@H](OC8[C@@H](CO)O[C@H](OC1[C@H](O)[C@H]2O)[C@H](O)[C@H]8O)[C@H](O)[C@H]7O)[C@H](O)[C@H]6O)[C@H](O)[C@H]5O)[C@H](O)[C@H]4O)O[C@@H]3CO. The summed E-state index contributed by atoms with van der Waals surface area (Å²) in [5.41, 5.74) is 0.236. The normalized spacial score (nSPS) is 49.9. The molecule has 0 aromatic carbocycles. The maximum Gasteiger partial charge on any atom is 0.246 e. The second-order valence-corrected chi connectivity index (χ2v) is 23.1. The van der Waals surface area contributed by atoms with Crippen LogP contribution in [0.1, 0.15) is 26.2 Å². The molecule has 24 rings (SSSR count). The molecule has 24 aliphatic rings. The molecule has 6 unspecified atom stereocenters. The molecule has 24 saturated heterocycles. The first kappa shape index (κ1) is 72.6. The molecule has 22 N–H and O–H groups in total. The van der Waals surface area contributed by atoms with Crippen LogP contribution in [0.5, 0.6) is 0 Å². The predicted molar refractivity (Wildman–Crippen MR) is 280 cm³/mol. The molecular weight excluding hydrogens is 1210 g/mol. The topological polar surface area (TPSA) is 575 Å². The van der Waals surface area contributed by atoms with E-state index in [1.165, 1.54) is 6.92 Å². The van der Waals surface area contributed by atoms with Gasteiger partial charge < -0.3 is 179 Å². The maximum atomic E-state index is 12.1. The smallest absolute Gasteiger partial charge is 0.246 e. The minimum absolute atomic E-state index is 0.0503. The molecule has 24 fully saturated rings. The number of aliphatic hydroxyl groups excluding tert-OH is 20. The third kappa shape index (κ3) is 16.0. The first-order valence-corrected chi connectivity index (χ1v) is 29.4. The Kier molecular flexibility index (Phi) is 26.5. The fourth-order valence-corrected chi connectivity index (χ4v) is 11.9. The Morgan fingerprint density at radius 2 is 0.640 bits per heavy atom. The zero-order valence-corrected chi connectivity index (χ0v) is 48.2. The van der Waals surface area contributed by atoms with Gasteiger partial charge in [-0.25, -0.2) is 0 Å². The molecule has 0 aliphatic carbocycles. The van der Waals surface area contributed by atoms with Gasteiger partial charge in [-0.15, -0.1) is 0 Å². The second-order valence-electron chi connectivity index (χ2n) is 23.1. The molecular formula is C52H88N2O35. The number of hydrogen-bond acceptors (Lipinski definition) is 36. The molecule has 37 nitrogen and oxygen atoms in total. The van der Waals surface area contributed by atoms with Gasteiger partial charge in [-0.3, -0.25) is 4.79 Å². The highest BCUT2D eigenvalue weighted by molar-refractivity contribution is 5.92. The first-order valence-electron chi connectivity index (χ1n) is 29.4. The number of rotatable bonds is 12. The molecule has 516 valence electrons. The summed E-state index contributed by atoms with van der Waals surface area (Å²) in [4.78, 5) is 12.1. The van der Waals surface area contributed by atoms with Crippen LogP contribution in [0.25, 0.3) is 0 Å². The third-order valence-electron chi connectivity index (χ3n) is 17.1. The number of carbonyl (C=O) groups is 1. The van der Waals surface area contributed by atoms with Crippen LogP contribution in [0.4, 0.5) is 0 Å². The van der Waals surface area contributed by atoms with Crippen LogP contribution in [-0.2, 0) is 71.1 Å². The molecule has 0 aromatic rings. The summed E-state index contributed by atoms with van der Waals surface area (Å²) in [6.07, 6.45) is -64.0. The van der Waals surface area contributed by atoms with Gasteiger partial charge in [0.15, 0.2) is 44.0 Å². The summed E-state index contributed by atoms with van der Waals surface area (Å²) in [5.74, 6) is -1.42. The van der Waals surface area contributed by atoms with Crippen molar-refractivity contribution in [1.29, 1.82) is 0 Å². The van der Waals surface area contributed by atoms with Gasteiger partial charge in [-0.1, -0.05) is 13.0 Å². The van der Waals surface area contributed by atoms with E-state index in [4.69, 9.17) is 66.3 Å². The molecule has 37 heteroatoms. The van der Waals surface area contributed by atoms with Gasteiger partial charge in [0.1, 0.15) is 153 Å². The fraction of sp³-hybridized carbons (Fsp3) is 0.942. The molecule has 24 heterocycles. The molecule has 35 atom stereocenters. The van der Waals surface area contributed by atoms with Gasteiger partial charge in [-0.05, 0) is 19.8 Å². The Bertz CT molecular complexity index is 2180. The van der Waals surface area contributed by atoms with Crippen LogP contribution in [0, 0.1) is 5.92 Å². The number of fused-ring (bicyclic) bond motifs is 1. The summed E-state index contributed by atoms with van der Waals surface area (Å²) >= 11 is 0. The van der Waals surface area contributed by atoms with Gasteiger partial charge >= 0.3 is 0 Å². The highest BCUT2D eigenvalue weighted by Gasteiger charge is 2.59. The molecule has 0 aromatic heterocycles. The number of nitrogens with one attached hydrogen (secondary N) is 2. The van der Waals surface area contributed by atoms with E-state index in [0.29, 0.717) is 0 Å². The van der Waals surface area contributed by atoms with Crippen LogP contribution in [0.15, 0.2) is 12.2 Å². The Labute approximate surface area is 507 Å². The quantitative estimate of drug-likeness (QED) is 0.0637. The molecule has 89 heavy (non-hydrogen) atoms. The number of hydrogen-bond donors (Lipinski definition) is 22. The van der Waals surface area contributed by atoms with Crippen molar-refractivity contribution >= 4 is 5.91 Å². The maximum absolute atomic E-state index is 12.1. The lowest BCUT2D eigenvalue weighted by Crippen LogP contribution is -2.68. The van der Waals surface area contributed by atoms with E-state index >= 15 is 0 Å². The van der Waals surface area contributed by atoms with Crippen LogP contribution >= 0.6 is 0 Å². The fourth-order valence-electron chi connectivity index (χ4n) is 11.9.